The summed E-state index contributed by atoms with van der Waals surface area (Å²) >= 11 is 0. The summed E-state index contributed by atoms with van der Waals surface area (Å²) in [4.78, 5) is 29.8. The van der Waals surface area contributed by atoms with Crippen molar-refractivity contribution in [1.29, 1.82) is 0 Å². The van der Waals surface area contributed by atoms with Gasteiger partial charge in [0.15, 0.2) is 0 Å². The molecule has 6 nitrogen and oxygen atoms in total. The first-order chi connectivity index (χ1) is 14.2. The maximum absolute atomic E-state index is 12.6. The highest BCUT2D eigenvalue weighted by Crippen LogP contribution is 2.23. The molecule has 1 aromatic carbocycles. The second-order valence-electron chi connectivity index (χ2n) is 8.53. The van der Waals surface area contributed by atoms with Gasteiger partial charge in [-0.15, -0.1) is 0 Å². The van der Waals surface area contributed by atoms with Crippen molar-refractivity contribution in [3.05, 3.63) is 30.1 Å². The van der Waals surface area contributed by atoms with Crippen molar-refractivity contribution in [3.63, 3.8) is 0 Å². The summed E-state index contributed by atoms with van der Waals surface area (Å²) in [7, 11) is 0. The minimum Gasteiger partial charge on any atom is -0.355 e. The summed E-state index contributed by atoms with van der Waals surface area (Å²) in [5.74, 6) is 1.25. The van der Waals surface area contributed by atoms with Gasteiger partial charge in [-0.05, 0) is 37.8 Å². The fourth-order valence-corrected chi connectivity index (χ4v) is 4.79. The van der Waals surface area contributed by atoms with Crippen LogP contribution >= 0.6 is 0 Å². The van der Waals surface area contributed by atoms with Crippen LogP contribution in [0.2, 0.25) is 0 Å². The van der Waals surface area contributed by atoms with Crippen molar-refractivity contribution in [3.8, 4) is 0 Å². The number of hydrogen-bond donors (Lipinski definition) is 2. The monoisotopic (exact) mass is 396 g/mol. The highest BCUT2D eigenvalue weighted by Gasteiger charge is 2.22. The Hall–Kier alpha value is -2.37. The summed E-state index contributed by atoms with van der Waals surface area (Å²) in [6, 6.07) is 8.24. The lowest BCUT2D eigenvalue weighted by Crippen LogP contribution is -2.36. The third-order valence-corrected chi connectivity index (χ3v) is 6.38. The van der Waals surface area contributed by atoms with Gasteiger partial charge in [0.1, 0.15) is 12.4 Å². The number of aromatic nitrogens is 2. The van der Waals surface area contributed by atoms with E-state index in [-0.39, 0.29) is 24.3 Å². The molecule has 156 valence electrons. The first kappa shape index (κ1) is 19.9. The number of para-hydroxylation sites is 2. The smallest absolute Gasteiger partial charge is 0.240 e. The maximum atomic E-state index is 12.6. The average Bonchev–Trinajstić information content (AvgIpc) is 3.37. The molecular weight excluding hydrogens is 364 g/mol. The molecule has 2 fully saturated rings. The van der Waals surface area contributed by atoms with E-state index in [1.165, 1.54) is 19.3 Å². The van der Waals surface area contributed by atoms with Gasteiger partial charge in [0.05, 0.1) is 11.0 Å². The normalized spacial score (nSPS) is 18.2. The summed E-state index contributed by atoms with van der Waals surface area (Å²) in [6.07, 6.45) is 10.8. The molecule has 2 aliphatic rings. The summed E-state index contributed by atoms with van der Waals surface area (Å²) in [6.45, 7) is 0.839. The fourth-order valence-electron chi connectivity index (χ4n) is 4.79. The van der Waals surface area contributed by atoms with Gasteiger partial charge in [-0.2, -0.15) is 0 Å². The van der Waals surface area contributed by atoms with Crippen molar-refractivity contribution in [2.75, 3.05) is 6.54 Å². The first-order valence-electron chi connectivity index (χ1n) is 11.2. The van der Waals surface area contributed by atoms with Gasteiger partial charge in [0.2, 0.25) is 11.8 Å². The van der Waals surface area contributed by atoms with E-state index in [1.54, 1.807) is 0 Å². The number of benzene rings is 1. The zero-order chi connectivity index (χ0) is 20.1. The van der Waals surface area contributed by atoms with Gasteiger partial charge in [0, 0.05) is 24.9 Å². The van der Waals surface area contributed by atoms with Crippen LogP contribution in [0.15, 0.2) is 24.3 Å². The van der Waals surface area contributed by atoms with Crippen LogP contribution in [-0.2, 0) is 22.6 Å². The number of amides is 2. The van der Waals surface area contributed by atoms with Crippen LogP contribution in [0.25, 0.3) is 11.0 Å². The van der Waals surface area contributed by atoms with Gasteiger partial charge in [-0.3, -0.25) is 9.59 Å². The number of carbonyl (C=O) groups excluding carboxylic acids is 2. The SMILES string of the molecule is O=C(Cn1c(CCNC(=O)C2CCCCC2)nc2ccccc21)NC1CCCC1. The Morgan fingerprint density at radius 2 is 1.72 bits per heavy atom. The van der Waals surface area contributed by atoms with E-state index < -0.39 is 0 Å². The van der Waals surface area contributed by atoms with E-state index in [2.05, 4.69) is 10.6 Å². The fraction of sp³-hybridized carbons (Fsp3) is 0.609. The Balaban J connectivity index is 1.40. The number of nitrogens with zero attached hydrogens (tertiary/aromatic N) is 2. The van der Waals surface area contributed by atoms with E-state index in [0.29, 0.717) is 19.0 Å². The molecule has 2 aliphatic carbocycles. The molecule has 0 unspecified atom stereocenters. The molecule has 29 heavy (non-hydrogen) atoms. The van der Waals surface area contributed by atoms with Gasteiger partial charge in [-0.25, -0.2) is 4.98 Å². The van der Waals surface area contributed by atoms with Crippen LogP contribution in [-0.4, -0.2) is 34.0 Å². The Morgan fingerprint density at radius 1 is 1.00 bits per heavy atom. The van der Waals surface area contributed by atoms with Gasteiger partial charge >= 0.3 is 0 Å². The van der Waals surface area contributed by atoms with Crippen molar-refractivity contribution in [2.45, 2.75) is 76.8 Å². The predicted octanol–water partition coefficient (Wildman–Crippen LogP) is 3.33. The highest BCUT2D eigenvalue weighted by atomic mass is 16.2. The van der Waals surface area contributed by atoms with Crippen molar-refractivity contribution >= 4 is 22.8 Å². The Bertz CT molecular complexity index is 848. The molecule has 0 atom stereocenters. The van der Waals surface area contributed by atoms with Crippen LogP contribution in [0.3, 0.4) is 0 Å². The third kappa shape index (κ3) is 4.98. The van der Waals surface area contributed by atoms with Crippen molar-refractivity contribution < 1.29 is 9.59 Å². The minimum atomic E-state index is 0.0487. The van der Waals surface area contributed by atoms with E-state index in [4.69, 9.17) is 4.98 Å². The molecule has 2 aromatic rings. The Kier molecular flexibility index (Phi) is 6.47. The van der Waals surface area contributed by atoms with Gasteiger partial charge < -0.3 is 15.2 Å². The standard InChI is InChI=1S/C23H32N4O2/c28-22(25-18-10-4-5-11-18)16-27-20-13-7-6-12-19(20)26-21(27)14-15-24-23(29)17-8-2-1-3-9-17/h6-7,12-13,17-18H,1-5,8-11,14-16H2,(H,24,29)(H,25,28). The molecule has 0 bridgehead atoms. The number of carbonyl (C=O) groups is 2. The molecule has 2 N–H and O–H groups in total. The van der Waals surface area contributed by atoms with Gasteiger partial charge in [0.25, 0.3) is 0 Å². The van der Waals surface area contributed by atoms with E-state index in [0.717, 1.165) is 55.4 Å². The van der Waals surface area contributed by atoms with Gasteiger partial charge in [-0.1, -0.05) is 44.2 Å². The van der Waals surface area contributed by atoms with Crippen LogP contribution in [0.5, 0.6) is 0 Å². The number of fused-ring (bicyclic) bond motifs is 1. The van der Waals surface area contributed by atoms with Crippen LogP contribution < -0.4 is 10.6 Å². The van der Waals surface area contributed by atoms with Crippen LogP contribution in [0.4, 0.5) is 0 Å². The highest BCUT2D eigenvalue weighted by molar-refractivity contribution is 5.81. The number of nitrogens with one attached hydrogen (secondary N) is 2. The van der Waals surface area contributed by atoms with Crippen LogP contribution in [0, 0.1) is 5.92 Å². The minimum absolute atomic E-state index is 0.0487. The molecule has 0 aliphatic heterocycles. The summed E-state index contributed by atoms with van der Waals surface area (Å²) < 4.78 is 2.01. The molecule has 2 saturated carbocycles. The average molecular weight is 397 g/mol. The lowest BCUT2D eigenvalue weighted by Gasteiger charge is -2.20. The first-order valence-corrected chi connectivity index (χ1v) is 11.2. The molecule has 0 spiro atoms. The molecule has 4 rings (SSSR count). The molecule has 1 aromatic heterocycles. The Labute approximate surface area is 172 Å². The predicted molar refractivity (Wildman–Crippen MR) is 113 cm³/mol. The molecule has 2 amide bonds. The number of rotatable bonds is 7. The molecule has 0 radical (unpaired) electrons. The summed E-state index contributed by atoms with van der Waals surface area (Å²) in [5, 5.41) is 6.26. The maximum Gasteiger partial charge on any atom is 0.240 e. The summed E-state index contributed by atoms with van der Waals surface area (Å²) in [5.41, 5.74) is 1.87. The second-order valence-corrected chi connectivity index (χ2v) is 8.53. The topological polar surface area (TPSA) is 76.0 Å². The van der Waals surface area contributed by atoms with Crippen LogP contribution in [0.1, 0.15) is 63.6 Å². The number of imidazole rings is 1. The van der Waals surface area contributed by atoms with E-state index in [1.807, 2.05) is 28.8 Å². The largest absolute Gasteiger partial charge is 0.355 e. The quantitative estimate of drug-likeness (QED) is 0.754. The molecular formula is C23H32N4O2. The second kappa shape index (κ2) is 9.42. The Morgan fingerprint density at radius 3 is 2.52 bits per heavy atom. The lowest BCUT2D eigenvalue weighted by molar-refractivity contribution is -0.126. The van der Waals surface area contributed by atoms with E-state index in [9.17, 15) is 9.59 Å². The zero-order valence-electron chi connectivity index (χ0n) is 17.2. The van der Waals surface area contributed by atoms with Crippen molar-refractivity contribution in [1.82, 2.24) is 20.2 Å². The van der Waals surface area contributed by atoms with Crippen molar-refractivity contribution in [2.24, 2.45) is 5.92 Å². The zero-order valence-corrected chi connectivity index (χ0v) is 17.2. The number of hydrogen-bond acceptors (Lipinski definition) is 3. The molecule has 1 heterocycles. The third-order valence-electron chi connectivity index (χ3n) is 6.38. The van der Waals surface area contributed by atoms with E-state index >= 15 is 0 Å². The lowest BCUT2D eigenvalue weighted by atomic mass is 9.89. The molecule has 6 heteroatoms. The molecule has 0 saturated heterocycles.